The maximum atomic E-state index is 11.8. The molecule has 5 heteroatoms. The van der Waals surface area contributed by atoms with Crippen molar-refractivity contribution in [2.24, 2.45) is 0 Å². The molecule has 0 bridgehead atoms. The van der Waals surface area contributed by atoms with Crippen LogP contribution >= 0.6 is 0 Å². The molecule has 0 spiro atoms. The highest BCUT2D eigenvalue weighted by molar-refractivity contribution is 5.81. The van der Waals surface area contributed by atoms with E-state index < -0.39 is 0 Å². The second-order valence-corrected chi connectivity index (χ2v) is 5.52. The molecule has 1 saturated heterocycles. The van der Waals surface area contributed by atoms with Crippen molar-refractivity contribution in [3.8, 4) is 0 Å². The van der Waals surface area contributed by atoms with Crippen molar-refractivity contribution in [3.05, 3.63) is 0 Å². The Bertz CT molecular complexity index is 259. The molecular weight excluding hydrogens is 242 g/mol. The maximum absolute atomic E-state index is 11.8. The fourth-order valence-electron chi connectivity index (χ4n) is 2.80. The van der Waals surface area contributed by atoms with Crippen molar-refractivity contribution in [2.45, 2.75) is 50.6 Å². The Labute approximate surface area is 115 Å². The normalized spacial score (nSPS) is 25.8. The number of hydrogen-bond donors (Lipinski definition) is 3. The summed E-state index contributed by atoms with van der Waals surface area (Å²) in [6.07, 6.45) is 8.00. The van der Waals surface area contributed by atoms with Gasteiger partial charge in [0.1, 0.15) is 6.04 Å². The second-order valence-electron chi connectivity index (χ2n) is 5.52. The Morgan fingerprint density at radius 1 is 1.16 bits per heavy atom. The van der Waals surface area contributed by atoms with Crippen molar-refractivity contribution in [3.63, 3.8) is 0 Å². The number of ether oxygens (including phenoxy) is 1. The number of carbonyl (C=O) groups excluding carboxylic acids is 1. The van der Waals surface area contributed by atoms with E-state index in [0.717, 1.165) is 13.1 Å². The van der Waals surface area contributed by atoms with Gasteiger partial charge in [-0.3, -0.25) is 4.79 Å². The van der Waals surface area contributed by atoms with Crippen LogP contribution in [0.25, 0.3) is 0 Å². The first-order valence-electron chi connectivity index (χ1n) is 7.68. The van der Waals surface area contributed by atoms with Crippen LogP contribution in [-0.4, -0.2) is 50.8 Å². The standard InChI is InChI=1S/C14H27N3O2/c18-14(13-11-19-10-9-16-13)17-8-7-15-12-5-3-1-2-4-6-12/h12-13,15-16H,1-11H2,(H,17,18). The van der Waals surface area contributed by atoms with Gasteiger partial charge in [0.2, 0.25) is 5.91 Å². The van der Waals surface area contributed by atoms with Gasteiger partial charge in [-0.05, 0) is 12.8 Å². The lowest BCUT2D eigenvalue weighted by Gasteiger charge is -2.23. The number of hydrogen-bond acceptors (Lipinski definition) is 4. The third-order valence-electron chi connectivity index (χ3n) is 3.95. The molecule has 19 heavy (non-hydrogen) atoms. The summed E-state index contributed by atoms with van der Waals surface area (Å²) in [6.45, 7) is 3.52. The lowest BCUT2D eigenvalue weighted by atomic mass is 10.1. The molecule has 0 aromatic heterocycles. The topological polar surface area (TPSA) is 62.4 Å². The molecule has 0 aromatic rings. The van der Waals surface area contributed by atoms with Gasteiger partial charge in [0.25, 0.3) is 0 Å². The summed E-state index contributed by atoms with van der Waals surface area (Å²) < 4.78 is 5.28. The van der Waals surface area contributed by atoms with E-state index >= 15 is 0 Å². The van der Waals surface area contributed by atoms with Gasteiger partial charge in [-0.25, -0.2) is 0 Å². The minimum absolute atomic E-state index is 0.0577. The molecule has 2 aliphatic rings. The van der Waals surface area contributed by atoms with Crippen LogP contribution in [0.15, 0.2) is 0 Å². The largest absolute Gasteiger partial charge is 0.378 e. The Hall–Kier alpha value is -0.650. The molecule has 1 saturated carbocycles. The molecular formula is C14H27N3O2. The third kappa shape index (κ3) is 5.47. The summed E-state index contributed by atoms with van der Waals surface area (Å²) in [5.41, 5.74) is 0. The van der Waals surface area contributed by atoms with E-state index in [1.165, 1.54) is 38.5 Å². The van der Waals surface area contributed by atoms with E-state index in [4.69, 9.17) is 4.74 Å². The van der Waals surface area contributed by atoms with Crippen molar-refractivity contribution < 1.29 is 9.53 Å². The van der Waals surface area contributed by atoms with E-state index in [1.807, 2.05) is 0 Å². The number of nitrogens with one attached hydrogen (secondary N) is 3. The van der Waals surface area contributed by atoms with Crippen LogP contribution in [0.1, 0.15) is 38.5 Å². The van der Waals surface area contributed by atoms with E-state index in [1.54, 1.807) is 0 Å². The number of morpholine rings is 1. The fraction of sp³-hybridized carbons (Fsp3) is 0.929. The predicted octanol–water partition coefficient (Wildman–Crippen LogP) is 0.403. The van der Waals surface area contributed by atoms with Gasteiger partial charge in [0.15, 0.2) is 0 Å². The summed E-state index contributed by atoms with van der Waals surface area (Å²) in [6, 6.07) is 0.474. The smallest absolute Gasteiger partial charge is 0.239 e. The molecule has 1 aliphatic heterocycles. The Balaban J connectivity index is 1.54. The van der Waals surface area contributed by atoms with Crippen LogP contribution in [0.3, 0.4) is 0 Å². The number of carbonyl (C=O) groups is 1. The molecule has 1 heterocycles. The van der Waals surface area contributed by atoms with Gasteiger partial charge in [-0.2, -0.15) is 0 Å². The Morgan fingerprint density at radius 2 is 1.95 bits per heavy atom. The van der Waals surface area contributed by atoms with Crippen molar-refractivity contribution >= 4 is 5.91 Å². The molecule has 1 amide bonds. The first-order chi connectivity index (χ1) is 9.36. The van der Waals surface area contributed by atoms with Crippen LogP contribution in [0.5, 0.6) is 0 Å². The number of rotatable bonds is 5. The summed E-state index contributed by atoms with van der Waals surface area (Å²) in [5, 5.41) is 9.68. The molecule has 1 atom stereocenters. The SMILES string of the molecule is O=C(NCCNC1CCCCCC1)C1COCCN1. The molecule has 0 aromatic carbocycles. The first kappa shape index (κ1) is 14.8. The zero-order valence-corrected chi connectivity index (χ0v) is 11.7. The lowest BCUT2D eigenvalue weighted by molar-refractivity contribution is -0.125. The molecule has 1 aliphatic carbocycles. The maximum Gasteiger partial charge on any atom is 0.239 e. The summed E-state index contributed by atoms with van der Waals surface area (Å²) in [4.78, 5) is 11.8. The summed E-state index contributed by atoms with van der Waals surface area (Å²) in [7, 11) is 0. The average molecular weight is 269 g/mol. The van der Waals surface area contributed by atoms with Gasteiger partial charge in [0.05, 0.1) is 13.2 Å². The van der Waals surface area contributed by atoms with Crippen LogP contribution in [0.4, 0.5) is 0 Å². The number of amides is 1. The molecule has 2 rings (SSSR count). The molecule has 3 N–H and O–H groups in total. The third-order valence-corrected chi connectivity index (χ3v) is 3.95. The molecule has 5 nitrogen and oxygen atoms in total. The monoisotopic (exact) mass is 269 g/mol. The highest BCUT2D eigenvalue weighted by Crippen LogP contribution is 2.16. The molecule has 0 radical (unpaired) electrons. The highest BCUT2D eigenvalue weighted by Gasteiger charge is 2.20. The van der Waals surface area contributed by atoms with Crippen molar-refractivity contribution in [1.29, 1.82) is 0 Å². The Morgan fingerprint density at radius 3 is 2.63 bits per heavy atom. The lowest BCUT2D eigenvalue weighted by Crippen LogP contribution is -2.52. The molecule has 2 fully saturated rings. The quantitative estimate of drug-likeness (QED) is 0.499. The van der Waals surface area contributed by atoms with Crippen LogP contribution in [0, 0.1) is 0 Å². The fourth-order valence-corrected chi connectivity index (χ4v) is 2.80. The first-order valence-corrected chi connectivity index (χ1v) is 7.68. The summed E-state index contributed by atoms with van der Waals surface area (Å²) >= 11 is 0. The van der Waals surface area contributed by atoms with Gasteiger partial charge < -0.3 is 20.7 Å². The zero-order chi connectivity index (χ0) is 13.3. The second kappa shape index (κ2) is 8.51. The highest BCUT2D eigenvalue weighted by atomic mass is 16.5. The van der Waals surface area contributed by atoms with Crippen molar-refractivity contribution in [2.75, 3.05) is 32.8 Å². The average Bonchev–Trinajstić information content (AvgIpc) is 2.73. The minimum atomic E-state index is -0.174. The van der Waals surface area contributed by atoms with E-state index in [-0.39, 0.29) is 11.9 Å². The van der Waals surface area contributed by atoms with Crippen LogP contribution in [0.2, 0.25) is 0 Å². The molecule has 1 unspecified atom stereocenters. The Kier molecular flexibility index (Phi) is 6.61. The van der Waals surface area contributed by atoms with E-state index in [2.05, 4.69) is 16.0 Å². The van der Waals surface area contributed by atoms with E-state index in [0.29, 0.717) is 25.8 Å². The summed E-state index contributed by atoms with van der Waals surface area (Å²) in [5.74, 6) is 0.0577. The van der Waals surface area contributed by atoms with Gasteiger partial charge >= 0.3 is 0 Å². The predicted molar refractivity (Wildman–Crippen MR) is 75.1 cm³/mol. The van der Waals surface area contributed by atoms with Gasteiger partial charge in [-0.15, -0.1) is 0 Å². The van der Waals surface area contributed by atoms with Gasteiger partial charge in [-0.1, -0.05) is 25.7 Å². The van der Waals surface area contributed by atoms with E-state index in [9.17, 15) is 4.79 Å². The minimum Gasteiger partial charge on any atom is -0.378 e. The van der Waals surface area contributed by atoms with Crippen molar-refractivity contribution in [1.82, 2.24) is 16.0 Å². The van der Waals surface area contributed by atoms with Crippen LogP contribution < -0.4 is 16.0 Å². The molecule has 110 valence electrons. The zero-order valence-electron chi connectivity index (χ0n) is 11.7. The van der Waals surface area contributed by atoms with Gasteiger partial charge in [0, 0.05) is 25.7 Å². The van der Waals surface area contributed by atoms with Crippen LogP contribution in [-0.2, 0) is 9.53 Å².